The molecule has 2 N–H and O–H groups in total. The lowest BCUT2D eigenvalue weighted by molar-refractivity contribution is 0.0471. The lowest BCUT2D eigenvalue weighted by Gasteiger charge is -2.09. The second-order valence-electron chi connectivity index (χ2n) is 4.19. The number of carbonyl (C=O) groups excluding carboxylic acids is 1. The van der Waals surface area contributed by atoms with Gasteiger partial charge < -0.3 is 10.5 Å². The highest BCUT2D eigenvalue weighted by atomic mass is 79.9. The zero-order valence-corrected chi connectivity index (χ0v) is 12.1. The van der Waals surface area contributed by atoms with Crippen molar-refractivity contribution in [2.24, 2.45) is 0 Å². The number of rotatable bonds is 3. The minimum Gasteiger partial charge on any atom is -0.457 e. The number of esters is 1. The van der Waals surface area contributed by atoms with Crippen molar-refractivity contribution in [2.75, 3.05) is 5.73 Å². The summed E-state index contributed by atoms with van der Waals surface area (Å²) in [7, 11) is 0. The lowest BCUT2D eigenvalue weighted by atomic mass is 10.1. The lowest BCUT2D eigenvalue weighted by Crippen LogP contribution is -2.08. The predicted molar refractivity (Wildman–Crippen MR) is 78.9 cm³/mol. The molecule has 0 unspecified atom stereocenters. The third-order valence-corrected chi connectivity index (χ3v) is 3.69. The van der Waals surface area contributed by atoms with Crippen molar-refractivity contribution in [3.05, 3.63) is 63.6 Å². The molecule has 0 spiro atoms. The van der Waals surface area contributed by atoms with Gasteiger partial charge in [-0.1, -0.05) is 40.2 Å². The Kier molecular flexibility index (Phi) is 4.22. The molecule has 0 saturated carbocycles. The molecule has 4 heteroatoms. The van der Waals surface area contributed by atoms with E-state index >= 15 is 0 Å². The first-order valence-electron chi connectivity index (χ1n) is 5.85. The Morgan fingerprint density at radius 3 is 2.68 bits per heavy atom. The first-order valence-corrected chi connectivity index (χ1v) is 6.64. The summed E-state index contributed by atoms with van der Waals surface area (Å²) in [5, 5.41) is 0. The molecule has 0 aliphatic heterocycles. The van der Waals surface area contributed by atoms with E-state index in [1.165, 1.54) is 0 Å². The van der Waals surface area contributed by atoms with Crippen LogP contribution in [0.2, 0.25) is 0 Å². The van der Waals surface area contributed by atoms with Gasteiger partial charge in [0.05, 0.1) is 5.56 Å². The van der Waals surface area contributed by atoms with Crippen molar-refractivity contribution < 1.29 is 9.53 Å². The Hall–Kier alpha value is -1.81. The monoisotopic (exact) mass is 319 g/mol. The zero-order valence-electron chi connectivity index (χ0n) is 10.5. The highest BCUT2D eigenvalue weighted by molar-refractivity contribution is 9.10. The molecule has 0 saturated heterocycles. The average Bonchev–Trinajstić information content (AvgIpc) is 2.40. The van der Waals surface area contributed by atoms with Crippen molar-refractivity contribution in [3.63, 3.8) is 0 Å². The van der Waals surface area contributed by atoms with Crippen LogP contribution in [0.3, 0.4) is 0 Å². The van der Waals surface area contributed by atoms with Crippen LogP contribution in [0.1, 0.15) is 21.5 Å². The first-order chi connectivity index (χ1) is 9.09. The molecule has 0 atom stereocenters. The normalized spacial score (nSPS) is 10.2. The van der Waals surface area contributed by atoms with E-state index < -0.39 is 0 Å². The van der Waals surface area contributed by atoms with E-state index in [1.54, 1.807) is 18.2 Å². The smallest absolute Gasteiger partial charge is 0.338 e. The van der Waals surface area contributed by atoms with E-state index in [9.17, 15) is 4.79 Å². The van der Waals surface area contributed by atoms with Gasteiger partial charge in [0.1, 0.15) is 6.61 Å². The van der Waals surface area contributed by atoms with E-state index in [1.807, 2.05) is 31.2 Å². The molecular weight excluding hydrogens is 306 g/mol. The average molecular weight is 320 g/mol. The van der Waals surface area contributed by atoms with Crippen molar-refractivity contribution in [1.29, 1.82) is 0 Å². The van der Waals surface area contributed by atoms with Gasteiger partial charge in [0.15, 0.2) is 0 Å². The molecule has 0 aliphatic rings. The van der Waals surface area contributed by atoms with Crippen LogP contribution >= 0.6 is 15.9 Å². The zero-order chi connectivity index (χ0) is 13.8. The molecule has 0 bridgehead atoms. The SMILES string of the molecule is Cc1c(N)cccc1C(=O)OCc1ccccc1Br. The Bertz CT molecular complexity index is 611. The largest absolute Gasteiger partial charge is 0.457 e. The van der Waals surface area contributed by atoms with Gasteiger partial charge in [-0.2, -0.15) is 0 Å². The van der Waals surface area contributed by atoms with Crippen LogP contribution < -0.4 is 5.73 Å². The number of nitrogen functional groups attached to an aromatic ring is 1. The van der Waals surface area contributed by atoms with Crippen molar-refractivity contribution in [3.8, 4) is 0 Å². The fourth-order valence-electron chi connectivity index (χ4n) is 1.71. The summed E-state index contributed by atoms with van der Waals surface area (Å²) in [6, 6.07) is 12.9. The van der Waals surface area contributed by atoms with Gasteiger partial charge in [-0.3, -0.25) is 0 Å². The summed E-state index contributed by atoms with van der Waals surface area (Å²) in [5.41, 5.74) is 8.55. The number of benzene rings is 2. The van der Waals surface area contributed by atoms with E-state index in [2.05, 4.69) is 15.9 Å². The highest BCUT2D eigenvalue weighted by Gasteiger charge is 2.12. The van der Waals surface area contributed by atoms with Crippen molar-refractivity contribution >= 4 is 27.6 Å². The molecule has 0 aromatic heterocycles. The van der Waals surface area contributed by atoms with E-state index in [-0.39, 0.29) is 12.6 Å². The van der Waals surface area contributed by atoms with Crippen LogP contribution in [0.4, 0.5) is 5.69 Å². The van der Waals surface area contributed by atoms with Gasteiger partial charge in [-0.25, -0.2) is 4.79 Å². The van der Waals surface area contributed by atoms with Crippen LogP contribution in [0, 0.1) is 6.92 Å². The molecule has 2 rings (SSSR count). The Morgan fingerprint density at radius 2 is 1.95 bits per heavy atom. The molecule has 3 nitrogen and oxygen atoms in total. The van der Waals surface area contributed by atoms with Crippen LogP contribution in [0.5, 0.6) is 0 Å². The fourth-order valence-corrected chi connectivity index (χ4v) is 2.11. The third-order valence-electron chi connectivity index (χ3n) is 2.91. The molecule has 98 valence electrons. The van der Waals surface area contributed by atoms with Crippen molar-refractivity contribution in [2.45, 2.75) is 13.5 Å². The van der Waals surface area contributed by atoms with Gasteiger partial charge in [-0.05, 0) is 30.7 Å². The molecule has 0 aliphatic carbocycles. The van der Waals surface area contributed by atoms with Crippen LogP contribution in [-0.4, -0.2) is 5.97 Å². The molecule has 0 heterocycles. The summed E-state index contributed by atoms with van der Waals surface area (Å²) in [4.78, 5) is 12.0. The van der Waals surface area contributed by atoms with Gasteiger partial charge >= 0.3 is 5.97 Å². The molecule has 2 aromatic rings. The summed E-state index contributed by atoms with van der Waals surface area (Å²) < 4.78 is 6.23. The molecule has 19 heavy (non-hydrogen) atoms. The van der Waals surface area contributed by atoms with Gasteiger partial charge in [0.2, 0.25) is 0 Å². The topological polar surface area (TPSA) is 52.3 Å². The first kappa shape index (κ1) is 13.6. The number of ether oxygens (including phenoxy) is 1. The molecule has 0 fully saturated rings. The van der Waals surface area contributed by atoms with Crippen LogP contribution in [0.15, 0.2) is 46.9 Å². The van der Waals surface area contributed by atoms with Crippen LogP contribution in [-0.2, 0) is 11.3 Å². The summed E-state index contributed by atoms with van der Waals surface area (Å²) in [6.07, 6.45) is 0. The molecule has 0 amide bonds. The molecule has 0 radical (unpaired) electrons. The predicted octanol–water partition coefficient (Wildman–Crippen LogP) is 3.70. The van der Waals surface area contributed by atoms with E-state index in [0.717, 1.165) is 15.6 Å². The Morgan fingerprint density at radius 1 is 1.21 bits per heavy atom. The number of halogens is 1. The maximum atomic E-state index is 12.0. The van der Waals surface area contributed by atoms with Gasteiger partial charge in [-0.15, -0.1) is 0 Å². The summed E-state index contributed by atoms with van der Waals surface area (Å²) >= 11 is 3.42. The fraction of sp³-hybridized carbons (Fsp3) is 0.133. The summed E-state index contributed by atoms with van der Waals surface area (Å²) in [6.45, 7) is 2.04. The quantitative estimate of drug-likeness (QED) is 0.693. The molecular formula is C15H14BrNO2. The Balaban J connectivity index is 2.10. The Labute approximate surface area is 120 Å². The van der Waals surface area contributed by atoms with E-state index in [0.29, 0.717) is 11.3 Å². The minimum atomic E-state index is -0.361. The maximum Gasteiger partial charge on any atom is 0.338 e. The second-order valence-corrected chi connectivity index (χ2v) is 5.04. The number of hydrogen-bond donors (Lipinski definition) is 1. The van der Waals surface area contributed by atoms with Gasteiger partial charge in [0, 0.05) is 15.7 Å². The van der Waals surface area contributed by atoms with Crippen LogP contribution in [0.25, 0.3) is 0 Å². The van der Waals surface area contributed by atoms with E-state index in [4.69, 9.17) is 10.5 Å². The molecule has 2 aromatic carbocycles. The standard InChI is InChI=1S/C15H14BrNO2/c1-10-12(6-4-8-14(10)17)15(18)19-9-11-5-2-3-7-13(11)16/h2-8H,9,17H2,1H3. The highest BCUT2D eigenvalue weighted by Crippen LogP contribution is 2.19. The minimum absolute atomic E-state index is 0.231. The number of hydrogen-bond acceptors (Lipinski definition) is 3. The number of anilines is 1. The number of nitrogens with two attached hydrogens (primary N) is 1. The summed E-state index contributed by atoms with van der Waals surface area (Å²) in [5.74, 6) is -0.361. The van der Waals surface area contributed by atoms with Crippen molar-refractivity contribution in [1.82, 2.24) is 0 Å². The van der Waals surface area contributed by atoms with Gasteiger partial charge in [0.25, 0.3) is 0 Å². The second kappa shape index (κ2) is 5.89. The maximum absolute atomic E-state index is 12.0. The number of carbonyl (C=O) groups is 1. The third kappa shape index (κ3) is 3.15.